The van der Waals surface area contributed by atoms with Crippen molar-refractivity contribution in [2.75, 3.05) is 18.1 Å². The topological polar surface area (TPSA) is 55.8 Å². The summed E-state index contributed by atoms with van der Waals surface area (Å²) in [4.78, 5) is 27.1. The van der Waals surface area contributed by atoms with Gasteiger partial charge in [-0.05, 0) is 24.6 Å². The van der Waals surface area contributed by atoms with E-state index in [2.05, 4.69) is 0 Å². The van der Waals surface area contributed by atoms with Gasteiger partial charge < -0.3 is 14.4 Å². The Morgan fingerprint density at radius 2 is 2.33 bits per heavy atom. The zero-order valence-electron chi connectivity index (χ0n) is 13.3. The first-order valence-electron chi connectivity index (χ1n) is 8.16. The van der Waals surface area contributed by atoms with Gasteiger partial charge in [-0.15, -0.1) is 0 Å². The molecule has 3 aliphatic heterocycles. The first-order chi connectivity index (χ1) is 11.6. The zero-order chi connectivity index (χ0) is 16.9. The van der Waals surface area contributed by atoms with Crippen LogP contribution >= 0.6 is 11.6 Å². The Kier molecular flexibility index (Phi) is 3.66. The molecule has 0 saturated carbocycles. The Labute approximate surface area is 145 Å². The van der Waals surface area contributed by atoms with Crippen LogP contribution < -0.4 is 4.90 Å². The largest absolute Gasteiger partial charge is 0.465 e. The van der Waals surface area contributed by atoms with Gasteiger partial charge in [0, 0.05) is 10.7 Å². The van der Waals surface area contributed by atoms with Crippen molar-refractivity contribution >= 4 is 29.2 Å². The summed E-state index contributed by atoms with van der Waals surface area (Å²) < 4.78 is 11.3. The lowest BCUT2D eigenvalue weighted by Gasteiger charge is -2.22. The van der Waals surface area contributed by atoms with E-state index < -0.39 is 17.4 Å². The van der Waals surface area contributed by atoms with Crippen molar-refractivity contribution in [3.8, 4) is 0 Å². The van der Waals surface area contributed by atoms with Crippen molar-refractivity contribution in [2.45, 2.75) is 25.0 Å². The highest BCUT2D eigenvalue weighted by molar-refractivity contribution is 6.31. The lowest BCUT2D eigenvalue weighted by atomic mass is 9.77. The lowest BCUT2D eigenvalue weighted by molar-refractivity contribution is -0.152. The lowest BCUT2D eigenvalue weighted by Crippen LogP contribution is -2.40. The molecule has 0 aromatic heterocycles. The van der Waals surface area contributed by atoms with Crippen molar-refractivity contribution in [3.05, 3.63) is 41.4 Å². The van der Waals surface area contributed by atoms with E-state index in [-0.39, 0.29) is 18.0 Å². The number of nitrogens with zero attached hydrogens (tertiary/aromatic N) is 1. The summed E-state index contributed by atoms with van der Waals surface area (Å²) in [5, 5.41) is 0.564. The maximum atomic E-state index is 13.0. The maximum absolute atomic E-state index is 13.0. The third kappa shape index (κ3) is 2.19. The molecule has 1 amide bonds. The number of carbonyl (C=O) groups is 2. The Hall–Kier alpha value is -1.85. The first-order valence-corrected chi connectivity index (χ1v) is 8.54. The molecule has 1 aromatic carbocycles. The number of benzene rings is 1. The fourth-order valence-electron chi connectivity index (χ4n) is 3.93. The predicted octanol–water partition coefficient (Wildman–Crippen LogP) is 2.58. The summed E-state index contributed by atoms with van der Waals surface area (Å²) in [6, 6.07) is 7.15. The number of hydrogen-bond donors (Lipinski definition) is 0. The van der Waals surface area contributed by atoms with Gasteiger partial charge in [-0.1, -0.05) is 36.7 Å². The quantitative estimate of drug-likeness (QED) is 0.620. The van der Waals surface area contributed by atoms with E-state index in [0.717, 1.165) is 12.1 Å². The summed E-state index contributed by atoms with van der Waals surface area (Å²) in [6.07, 6.45) is 4.18. The van der Waals surface area contributed by atoms with Gasteiger partial charge in [-0.25, -0.2) is 0 Å². The van der Waals surface area contributed by atoms with Gasteiger partial charge in [0.1, 0.15) is 11.5 Å². The van der Waals surface area contributed by atoms with Crippen LogP contribution in [-0.2, 0) is 19.1 Å². The SMILES string of the molecule is CCCOC(=O)[C@H]1[C@H]2C=CC3(CN(c4cccc(Cl)c4)C(=O)[C@@H]13)O2. The van der Waals surface area contributed by atoms with Crippen LogP contribution in [-0.4, -0.2) is 36.7 Å². The van der Waals surface area contributed by atoms with Crippen LogP contribution in [0, 0.1) is 11.8 Å². The smallest absolute Gasteiger partial charge is 0.312 e. The number of carbonyl (C=O) groups excluding carboxylic acids is 2. The van der Waals surface area contributed by atoms with Gasteiger partial charge in [0.05, 0.1) is 25.2 Å². The molecule has 2 fully saturated rings. The number of amides is 1. The van der Waals surface area contributed by atoms with Crippen LogP contribution in [0.5, 0.6) is 0 Å². The minimum atomic E-state index is -0.736. The van der Waals surface area contributed by atoms with Crippen LogP contribution in [0.25, 0.3) is 0 Å². The average Bonchev–Trinajstić information content (AvgIpc) is 3.21. The van der Waals surface area contributed by atoms with Gasteiger partial charge >= 0.3 is 5.97 Å². The van der Waals surface area contributed by atoms with Crippen LogP contribution in [0.1, 0.15) is 13.3 Å². The second-order valence-electron chi connectivity index (χ2n) is 6.47. The van der Waals surface area contributed by atoms with Crippen LogP contribution in [0.2, 0.25) is 5.02 Å². The standard InChI is InChI=1S/C18H18ClNO4/c1-2-8-23-17(22)14-13-6-7-18(24-13)10-20(16(21)15(14)18)12-5-3-4-11(19)9-12/h3-7,9,13-15H,2,8,10H2,1H3/t13-,14+,15-,18?/m1/s1. The van der Waals surface area contributed by atoms with E-state index in [4.69, 9.17) is 21.1 Å². The summed E-state index contributed by atoms with van der Waals surface area (Å²) in [7, 11) is 0. The molecular formula is C18H18ClNO4. The molecule has 0 aliphatic carbocycles. The molecule has 4 atom stereocenters. The third-order valence-electron chi connectivity index (χ3n) is 4.94. The van der Waals surface area contributed by atoms with Gasteiger partial charge in [0.15, 0.2) is 0 Å². The van der Waals surface area contributed by atoms with Crippen molar-refractivity contribution < 1.29 is 19.1 Å². The van der Waals surface area contributed by atoms with Crippen LogP contribution in [0.15, 0.2) is 36.4 Å². The molecule has 4 rings (SSSR count). The van der Waals surface area contributed by atoms with E-state index in [1.807, 2.05) is 25.1 Å². The monoisotopic (exact) mass is 347 g/mol. The fraction of sp³-hybridized carbons (Fsp3) is 0.444. The van der Waals surface area contributed by atoms with E-state index >= 15 is 0 Å². The van der Waals surface area contributed by atoms with Gasteiger partial charge in [0.25, 0.3) is 0 Å². The molecular weight excluding hydrogens is 330 g/mol. The normalized spacial score (nSPS) is 33.2. The fourth-order valence-corrected chi connectivity index (χ4v) is 4.11. The average molecular weight is 348 g/mol. The molecule has 1 unspecified atom stereocenters. The highest BCUT2D eigenvalue weighted by Crippen LogP contribution is 2.52. The summed E-state index contributed by atoms with van der Waals surface area (Å²) in [6.45, 7) is 2.69. The van der Waals surface area contributed by atoms with Crippen molar-refractivity contribution in [3.63, 3.8) is 0 Å². The first kappa shape index (κ1) is 15.7. The molecule has 1 spiro atoms. The van der Waals surface area contributed by atoms with Gasteiger partial charge in [0.2, 0.25) is 5.91 Å². The number of rotatable bonds is 4. The second kappa shape index (κ2) is 5.60. The number of ether oxygens (including phenoxy) is 2. The molecule has 126 valence electrons. The van der Waals surface area contributed by atoms with Crippen molar-refractivity contribution in [1.82, 2.24) is 0 Å². The number of hydrogen-bond acceptors (Lipinski definition) is 4. The highest BCUT2D eigenvalue weighted by Gasteiger charge is 2.67. The third-order valence-corrected chi connectivity index (χ3v) is 5.18. The van der Waals surface area contributed by atoms with Gasteiger partial charge in [-0.2, -0.15) is 0 Å². The minimum Gasteiger partial charge on any atom is -0.465 e. The summed E-state index contributed by atoms with van der Waals surface area (Å²) in [5.74, 6) is -1.56. The predicted molar refractivity (Wildman–Crippen MR) is 88.8 cm³/mol. The van der Waals surface area contributed by atoms with Crippen LogP contribution in [0.4, 0.5) is 5.69 Å². The van der Waals surface area contributed by atoms with E-state index in [9.17, 15) is 9.59 Å². The highest BCUT2D eigenvalue weighted by atomic mass is 35.5. The second-order valence-corrected chi connectivity index (χ2v) is 6.91. The van der Waals surface area contributed by atoms with Crippen LogP contribution in [0.3, 0.4) is 0 Å². The molecule has 24 heavy (non-hydrogen) atoms. The Bertz CT molecular complexity index is 733. The Morgan fingerprint density at radius 3 is 3.08 bits per heavy atom. The van der Waals surface area contributed by atoms with E-state index in [0.29, 0.717) is 18.2 Å². The number of anilines is 1. The maximum Gasteiger partial charge on any atom is 0.312 e. The molecule has 3 heterocycles. The molecule has 1 aromatic rings. The molecule has 2 saturated heterocycles. The van der Waals surface area contributed by atoms with E-state index in [1.165, 1.54) is 0 Å². The summed E-state index contributed by atoms with van der Waals surface area (Å²) >= 11 is 6.05. The minimum absolute atomic E-state index is 0.109. The molecule has 2 bridgehead atoms. The Morgan fingerprint density at radius 1 is 1.50 bits per heavy atom. The number of halogens is 1. The molecule has 5 nitrogen and oxygen atoms in total. The van der Waals surface area contributed by atoms with Crippen molar-refractivity contribution in [2.24, 2.45) is 11.8 Å². The zero-order valence-corrected chi connectivity index (χ0v) is 14.0. The van der Waals surface area contributed by atoms with Crippen molar-refractivity contribution in [1.29, 1.82) is 0 Å². The number of esters is 1. The molecule has 6 heteroatoms. The molecule has 3 aliphatic rings. The Balaban J connectivity index is 1.65. The summed E-state index contributed by atoms with van der Waals surface area (Å²) in [5.41, 5.74) is -0.0163. The number of fused-ring (bicyclic) bond motifs is 1. The molecule has 0 N–H and O–H groups in total. The van der Waals surface area contributed by atoms with E-state index in [1.54, 1.807) is 23.1 Å². The van der Waals surface area contributed by atoms with Gasteiger partial charge in [-0.3, -0.25) is 9.59 Å². The molecule has 0 radical (unpaired) electrons.